The van der Waals surface area contributed by atoms with E-state index in [4.69, 9.17) is 10.00 Å². The van der Waals surface area contributed by atoms with Crippen LogP contribution >= 0.6 is 0 Å². The fraction of sp³-hybridized carbons (Fsp3) is 0.750. The average Bonchev–Trinajstić information content (AvgIpc) is 1.98. The predicted molar refractivity (Wildman–Crippen MR) is 40.6 cm³/mol. The van der Waals surface area contributed by atoms with Gasteiger partial charge in [0.15, 0.2) is 0 Å². The summed E-state index contributed by atoms with van der Waals surface area (Å²) in [5.74, 6) is -0.539. The minimum absolute atomic E-state index is 0.219. The van der Waals surface area contributed by atoms with Crippen LogP contribution in [0.1, 0.15) is 27.2 Å². The second kappa shape index (κ2) is 4.73. The SMILES string of the molecule is CC[C@H](OC(C)=O)[C@H](C)C#N. The van der Waals surface area contributed by atoms with Crippen LogP contribution in [0.3, 0.4) is 0 Å². The Balaban J connectivity index is 3.97. The molecule has 0 aliphatic rings. The second-order valence-corrected chi connectivity index (χ2v) is 2.47. The minimum Gasteiger partial charge on any atom is -0.461 e. The number of rotatable bonds is 3. The Morgan fingerprint density at radius 1 is 1.73 bits per heavy atom. The predicted octanol–water partition coefficient (Wildman–Crippen LogP) is 1.49. The zero-order chi connectivity index (χ0) is 8.85. The molecule has 0 radical (unpaired) electrons. The van der Waals surface area contributed by atoms with Crippen molar-refractivity contribution >= 4 is 5.97 Å². The van der Waals surface area contributed by atoms with E-state index in [-0.39, 0.29) is 18.0 Å². The van der Waals surface area contributed by atoms with Crippen molar-refractivity contribution in [1.29, 1.82) is 5.26 Å². The van der Waals surface area contributed by atoms with Gasteiger partial charge in [-0.25, -0.2) is 0 Å². The Kier molecular flexibility index (Phi) is 4.28. The molecule has 0 unspecified atom stereocenters. The largest absolute Gasteiger partial charge is 0.461 e. The number of carbonyl (C=O) groups is 1. The van der Waals surface area contributed by atoms with Crippen LogP contribution in [-0.2, 0) is 9.53 Å². The van der Waals surface area contributed by atoms with E-state index in [9.17, 15) is 4.79 Å². The summed E-state index contributed by atoms with van der Waals surface area (Å²) < 4.78 is 4.89. The molecule has 0 aliphatic heterocycles. The molecule has 0 saturated heterocycles. The van der Waals surface area contributed by atoms with Crippen LogP contribution in [0.2, 0.25) is 0 Å². The summed E-state index contributed by atoms with van der Waals surface area (Å²) in [7, 11) is 0. The molecular weight excluding hydrogens is 142 g/mol. The molecule has 3 heteroatoms. The number of nitriles is 1. The Morgan fingerprint density at radius 2 is 2.27 bits per heavy atom. The summed E-state index contributed by atoms with van der Waals surface area (Å²) in [6.07, 6.45) is 0.436. The van der Waals surface area contributed by atoms with Crippen molar-refractivity contribution in [3.8, 4) is 6.07 Å². The first-order chi connectivity index (χ1) is 5.11. The third-order valence-corrected chi connectivity index (χ3v) is 1.48. The van der Waals surface area contributed by atoms with Crippen LogP contribution in [0.15, 0.2) is 0 Å². The van der Waals surface area contributed by atoms with Crippen LogP contribution < -0.4 is 0 Å². The van der Waals surface area contributed by atoms with E-state index in [1.165, 1.54) is 6.92 Å². The molecule has 0 aliphatic carbocycles. The normalized spacial score (nSPS) is 14.7. The summed E-state index contributed by atoms with van der Waals surface area (Å²) in [6, 6.07) is 2.04. The van der Waals surface area contributed by atoms with Crippen molar-refractivity contribution in [2.24, 2.45) is 5.92 Å². The number of hydrogen-bond acceptors (Lipinski definition) is 3. The molecule has 0 aromatic carbocycles. The van der Waals surface area contributed by atoms with Gasteiger partial charge in [0.2, 0.25) is 0 Å². The lowest BCUT2D eigenvalue weighted by atomic mass is 10.0. The smallest absolute Gasteiger partial charge is 0.302 e. The van der Waals surface area contributed by atoms with Crippen molar-refractivity contribution in [2.45, 2.75) is 33.3 Å². The Labute approximate surface area is 67.0 Å². The van der Waals surface area contributed by atoms with Gasteiger partial charge in [-0.15, -0.1) is 0 Å². The zero-order valence-electron chi connectivity index (χ0n) is 7.13. The molecule has 0 rings (SSSR count). The molecule has 11 heavy (non-hydrogen) atoms. The molecule has 2 atom stereocenters. The molecule has 62 valence electrons. The molecule has 0 saturated carbocycles. The third kappa shape index (κ3) is 3.61. The average molecular weight is 155 g/mol. The maximum absolute atomic E-state index is 10.5. The Bertz CT molecular complexity index is 171. The van der Waals surface area contributed by atoms with Gasteiger partial charge in [0.25, 0.3) is 0 Å². The quantitative estimate of drug-likeness (QED) is 0.580. The van der Waals surface area contributed by atoms with Crippen molar-refractivity contribution in [3.05, 3.63) is 0 Å². The highest BCUT2D eigenvalue weighted by Crippen LogP contribution is 2.09. The van der Waals surface area contributed by atoms with Crippen LogP contribution in [0.4, 0.5) is 0 Å². The standard InChI is InChI=1S/C8H13NO2/c1-4-8(6(2)5-9)11-7(3)10/h6,8H,4H2,1-3H3/t6-,8+/m1/s1. The first kappa shape index (κ1) is 9.96. The number of nitrogens with zero attached hydrogens (tertiary/aromatic N) is 1. The lowest BCUT2D eigenvalue weighted by molar-refractivity contribution is -0.147. The van der Waals surface area contributed by atoms with E-state index in [1.54, 1.807) is 6.92 Å². The second-order valence-electron chi connectivity index (χ2n) is 2.47. The summed E-state index contributed by atoms with van der Waals surface area (Å²) in [5.41, 5.74) is 0. The summed E-state index contributed by atoms with van der Waals surface area (Å²) in [4.78, 5) is 10.5. The van der Waals surface area contributed by atoms with Gasteiger partial charge in [-0.3, -0.25) is 4.79 Å². The van der Waals surface area contributed by atoms with E-state index >= 15 is 0 Å². The highest BCUT2D eigenvalue weighted by Gasteiger charge is 2.16. The first-order valence-electron chi connectivity index (χ1n) is 3.68. The van der Waals surface area contributed by atoms with Gasteiger partial charge in [-0.2, -0.15) is 5.26 Å². The maximum Gasteiger partial charge on any atom is 0.302 e. The first-order valence-corrected chi connectivity index (χ1v) is 3.68. The van der Waals surface area contributed by atoms with Gasteiger partial charge >= 0.3 is 5.97 Å². The maximum atomic E-state index is 10.5. The number of esters is 1. The van der Waals surface area contributed by atoms with E-state index < -0.39 is 0 Å². The fourth-order valence-corrected chi connectivity index (χ4v) is 0.835. The van der Waals surface area contributed by atoms with Crippen LogP contribution in [0.25, 0.3) is 0 Å². The van der Waals surface area contributed by atoms with Crippen LogP contribution in [0, 0.1) is 17.2 Å². The molecule has 0 bridgehead atoms. The lowest BCUT2D eigenvalue weighted by Gasteiger charge is -2.16. The topological polar surface area (TPSA) is 50.1 Å². The van der Waals surface area contributed by atoms with E-state index in [0.29, 0.717) is 6.42 Å². The van der Waals surface area contributed by atoms with Gasteiger partial charge in [0, 0.05) is 6.92 Å². The van der Waals surface area contributed by atoms with Crippen molar-refractivity contribution < 1.29 is 9.53 Å². The van der Waals surface area contributed by atoms with E-state index in [1.807, 2.05) is 13.0 Å². The number of hydrogen-bond donors (Lipinski definition) is 0. The molecule has 0 spiro atoms. The molecular formula is C8H13NO2. The van der Waals surface area contributed by atoms with Gasteiger partial charge in [-0.05, 0) is 13.3 Å². The van der Waals surface area contributed by atoms with E-state index in [0.717, 1.165) is 0 Å². The number of ether oxygens (including phenoxy) is 1. The van der Waals surface area contributed by atoms with Crippen molar-refractivity contribution in [3.63, 3.8) is 0 Å². The number of carbonyl (C=O) groups excluding carboxylic acids is 1. The highest BCUT2D eigenvalue weighted by atomic mass is 16.5. The Morgan fingerprint density at radius 3 is 2.55 bits per heavy atom. The molecule has 3 nitrogen and oxygen atoms in total. The fourth-order valence-electron chi connectivity index (χ4n) is 0.835. The van der Waals surface area contributed by atoms with Crippen LogP contribution in [-0.4, -0.2) is 12.1 Å². The summed E-state index contributed by atoms with van der Waals surface area (Å²) >= 11 is 0. The summed E-state index contributed by atoms with van der Waals surface area (Å²) in [6.45, 7) is 4.99. The van der Waals surface area contributed by atoms with Crippen molar-refractivity contribution in [2.75, 3.05) is 0 Å². The molecule has 0 aromatic rings. The lowest BCUT2D eigenvalue weighted by Crippen LogP contribution is -2.22. The molecule has 0 heterocycles. The summed E-state index contributed by atoms with van der Waals surface area (Å²) in [5, 5.41) is 8.51. The Hall–Kier alpha value is -1.04. The minimum atomic E-state index is -0.320. The van der Waals surface area contributed by atoms with E-state index in [2.05, 4.69) is 0 Å². The molecule has 0 aromatic heterocycles. The van der Waals surface area contributed by atoms with Crippen LogP contribution in [0.5, 0.6) is 0 Å². The third-order valence-electron chi connectivity index (χ3n) is 1.48. The molecule has 0 N–H and O–H groups in total. The highest BCUT2D eigenvalue weighted by molar-refractivity contribution is 5.66. The monoisotopic (exact) mass is 155 g/mol. The van der Waals surface area contributed by atoms with Gasteiger partial charge in [0.1, 0.15) is 6.10 Å². The van der Waals surface area contributed by atoms with Crippen molar-refractivity contribution in [1.82, 2.24) is 0 Å². The van der Waals surface area contributed by atoms with Gasteiger partial charge in [0.05, 0.1) is 12.0 Å². The van der Waals surface area contributed by atoms with Gasteiger partial charge < -0.3 is 4.74 Å². The molecule has 0 amide bonds. The zero-order valence-corrected chi connectivity index (χ0v) is 7.13. The van der Waals surface area contributed by atoms with Gasteiger partial charge in [-0.1, -0.05) is 6.92 Å². The molecule has 0 fully saturated rings.